The molecule has 8 heteroatoms. The van der Waals surface area contributed by atoms with Crippen LogP contribution in [0.3, 0.4) is 0 Å². The van der Waals surface area contributed by atoms with Crippen molar-refractivity contribution in [1.29, 1.82) is 0 Å². The van der Waals surface area contributed by atoms with Crippen LogP contribution >= 0.6 is 0 Å². The first kappa shape index (κ1) is 19.4. The molecule has 1 amide bonds. The van der Waals surface area contributed by atoms with Gasteiger partial charge in [0, 0.05) is 23.3 Å². The molecule has 0 aliphatic heterocycles. The third-order valence-corrected chi connectivity index (χ3v) is 3.84. The van der Waals surface area contributed by atoms with Crippen molar-refractivity contribution in [3.8, 4) is 5.75 Å². The SMILES string of the molecule is O=C(N/N=C\c1ccccc1OC(=O)c1ccccc1)c1ccc([N+](=O)[O-])cc1. The Morgan fingerprint density at radius 3 is 2.24 bits per heavy atom. The van der Waals surface area contributed by atoms with Crippen LogP contribution < -0.4 is 10.2 Å². The number of nitro groups is 1. The zero-order valence-electron chi connectivity index (χ0n) is 15.0. The van der Waals surface area contributed by atoms with E-state index in [1.54, 1.807) is 54.6 Å². The fraction of sp³-hybridized carbons (Fsp3) is 0. The minimum Gasteiger partial charge on any atom is -0.422 e. The average molecular weight is 389 g/mol. The van der Waals surface area contributed by atoms with Gasteiger partial charge in [-0.15, -0.1) is 0 Å². The molecule has 0 spiro atoms. The fourth-order valence-electron chi connectivity index (χ4n) is 2.37. The van der Waals surface area contributed by atoms with Crippen LogP contribution in [0.2, 0.25) is 0 Å². The van der Waals surface area contributed by atoms with Crippen molar-refractivity contribution >= 4 is 23.8 Å². The van der Waals surface area contributed by atoms with Crippen molar-refractivity contribution in [3.63, 3.8) is 0 Å². The van der Waals surface area contributed by atoms with Gasteiger partial charge in [0.2, 0.25) is 0 Å². The first-order valence-corrected chi connectivity index (χ1v) is 8.49. The van der Waals surface area contributed by atoms with E-state index in [1.165, 1.54) is 30.5 Å². The molecule has 0 aliphatic rings. The Hall–Kier alpha value is -4.33. The summed E-state index contributed by atoms with van der Waals surface area (Å²) in [7, 11) is 0. The summed E-state index contributed by atoms with van der Waals surface area (Å²) in [5, 5.41) is 14.5. The molecule has 3 aromatic rings. The van der Waals surface area contributed by atoms with Crippen LogP contribution in [0.25, 0.3) is 0 Å². The van der Waals surface area contributed by atoms with Crippen LogP contribution in [0.15, 0.2) is 84.0 Å². The van der Waals surface area contributed by atoms with E-state index in [1.807, 2.05) is 0 Å². The van der Waals surface area contributed by atoms with Gasteiger partial charge in [-0.05, 0) is 36.4 Å². The molecule has 0 saturated carbocycles. The van der Waals surface area contributed by atoms with E-state index in [9.17, 15) is 19.7 Å². The average Bonchev–Trinajstić information content (AvgIpc) is 2.75. The maximum absolute atomic E-state index is 12.2. The number of esters is 1. The maximum Gasteiger partial charge on any atom is 0.343 e. The number of carbonyl (C=O) groups excluding carboxylic acids is 2. The van der Waals surface area contributed by atoms with Crippen molar-refractivity contribution in [3.05, 3.63) is 106 Å². The van der Waals surface area contributed by atoms with Gasteiger partial charge in [0.15, 0.2) is 0 Å². The Morgan fingerprint density at radius 2 is 1.55 bits per heavy atom. The number of nitrogens with zero attached hydrogens (tertiary/aromatic N) is 2. The Balaban J connectivity index is 1.67. The summed E-state index contributed by atoms with van der Waals surface area (Å²) >= 11 is 0. The lowest BCUT2D eigenvalue weighted by molar-refractivity contribution is -0.384. The second-order valence-electron chi connectivity index (χ2n) is 5.80. The number of rotatable bonds is 6. The van der Waals surface area contributed by atoms with Crippen LogP contribution in [0.5, 0.6) is 5.75 Å². The monoisotopic (exact) mass is 389 g/mol. The molecule has 0 bridgehead atoms. The highest BCUT2D eigenvalue weighted by atomic mass is 16.6. The molecular weight excluding hydrogens is 374 g/mol. The van der Waals surface area contributed by atoms with Gasteiger partial charge in [0.25, 0.3) is 11.6 Å². The number of non-ortho nitro benzene ring substituents is 1. The number of hydrogen-bond acceptors (Lipinski definition) is 6. The summed E-state index contributed by atoms with van der Waals surface area (Å²) < 4.78 is 5.40. The third-order valence-electron chi connectivity index (χ3n) is 3.84. The predicted molar refractivity (Wildman–Crippen MR) is 106 cm³/mol. The molecule has 0 fully saturated rings. The topological polar surface area (TPSA) is 111 Å². The zero-order chi connectivity index (χ0) is 20.6. The summed E-state index contributed by atoms with van der Waals surface area (Å²) in [6, 6.07) is 20.4. The molecular formula is C21H15N3O5. The van der Waals surface area contributed by atoms with E-state index in [-0.39, 0.29) is 17.0 Å². The number of benzene rings is 3. The summed E-state index contributed by atoms with van der Waals surface area (Å²) in [5.74, 6) is -0.758. The van der Waals surface area contributed by atoms with Gasteiger partial charge >= 0.3 is 5.97 Å². The minimum absolute atomic E-state index is 0.112. The summed E-state index contributed by atoms with van der Waals surface area (Å²) in [6.07, 6.45) is 1.34. The molecule has 0 radical (unpaired) electrons. The summed E-state index contributed by atoms with van der Waals surface area (Å²) in [5.41, 5.74) is 3.33. The van der Waals surface area contributed by atoms with Crippen LogP contribution in [-0.4, -0.2) is 23.0 Å². The molecule has 144 valence electrons. The van der Waals surface area contributed by atoms with Gasteiger partial charge < -0.3 is 4.74 Å². The first-order valence-electron chi connectivity index (χ1n) is 8.49. The molecule has 0 unspecified atom stereocenters. The number of amides is 1. The molecule has 0 heterocycles. The third kappa shape index (κ3) is 5.10. The first-order chi connectivity index (χ1) is 14.0. The number of hydrazone groups is 1. The number of hydrogen-bond donors (Lipinski definition) is 1. The van der Waals surface area contributed by atoms with E-state index in [4.69, 9.17) is 4.74 Å². The highest BCUT2D eigenvalue weighted by Gasteiger charge is 2.11. The molecule has 0 aromatic heterocycles. The number of para-hydroxylation sites is 1. The van der Waals surface area contributed by atoms with Crippen LogP contribution in [0.4, 0.5) is 5.69 Å². The standard InChI is InChI=1S/C21H15N3O5/c25-20(15-10-12-18(13-11-15)24(27)28)23-22-14-17-8-4-5-9-19(17)29-21(26)16-6-2-1-3-7-16/h1-14H,(H,23,25)/b22-14-. The van der Waals surface area contributed by atoms with E-state index < -0.39 is 16.8 Å². The van der Waals surface area contributed by atoms with Gasteiger partial charge in [-0.2, -0.15) is 5.10 Å². The van der Waals surface area contributed by atoms with Crippen molar-refractivity contribution < 1.29 is 19.2 Å². The van der Waals surface area contributed by atoms with Crippen LogP contribution in [-0.2, 0) is 0 Å². The Kier molecular flexibility index (Phi) is 6.06. The summed E-state index contributed by atoms with van der Waals surface area (Å²) in [4.78, 5) is 34.4. The molecule has 0 aliphatic carbocycles. The largest absolute Gasteiger partial charge is 0.422 e. The second-order valence-corrected chi connectivity index (χ2v) is 5.80. The van der Waals surface area contributed by atoms with Crippen molar-refractivity contribution in [2.75, 3.05) is 0 Å². The van der Waals surface area contributed by atoms with Gasteiger partial charge in [-0.25, -0.2) is 10.2 Å². The van der Waals surface area contributed by atoms with E-state index in [0.29, 0.717) is 11.1 Å². The molecule has 1 N–H and O–H groups in total. The number of ether oxygens (including phenoxy) is 1. The van der Waals surface area contributed by atoms with E-state index in [0.717, 1.165) is 0 Å². The number of nitro benzene ring substituents is 1. The number of nitrogens with one attached hydrogen (secondary N) is 1. The highest BCUT2D eigenvalue weighted by molar-refractivity contribution is 5.96. The summed E-state index contributed by atoms with van der Waals surface area (Å²) in [6.45, 7) is 0. The Morgan fingerprint density at radius 1 is 0.897 bits per heavy atom. The van der Waals surface area contributed by atoms with Gasteiger partial charge in [0.05, 0.1) is 16.7 Å². The smallest absolute Gasteiger partial charge is 0.343 e. The van der Waals surface area contributed by atoms with Crippen LogP contribution in [0.1, 0.15) is 26.3 Å². The lowest BCUT2D eigenvalue weighted by Gasteiger charge is -2.07. The lowest BCUT2D eigenvalue weighted by atomic mass is 10.2. The highest BCUT2D eigenvalue weighted by Crippen LogP contribution is 2.18. The maximum atomic E-state index is 12.2. The molecule has 3 aromatic carbocycles. The quantitative estimate of drug-likeness (QED) is 0.228. The van der Waals surface area contributed by atoms with Crippen molar-refractivity contribution in [2.24, 2.45) is 5.10 Å². The lowest BCUT2D eigenvalue weighted by Crippen LogP contribution is -2.17. The molecule has 8 nitrogen and oxygen atoms in total. The molecule has 29 heavy (non-hydrogen) atoms. The fourth-order valence-corrected chi connectivity index (χ4v) is 2.37. The predicted octanol–water partition coefficient (Wildman–Crippen LogP) is 3.58. The normalized spacial score (nSPS) is 10.5. The zero-order valence-corrected chi connectivity index (χ0v) is 15.0. The van der Waals surface area contributed by atoms with E-state index >= 15 is 0 Å². The van der Waals surface area contributed by atoms with E-state index in [2.05, 4.69) is 10.5 Å². The van der Waals surface area contributed by atoms with Gasteiger partial charge in [0.1, 0.15) is 5.75 Å². The number of carbonyl (C=O) groups is 2. The van der Waals surface area contributed by atoms with Crippen molar-refractivity contribution in [1.82, 2.24) is 5.43 Å². The second kappa shape index (κ2) is 9.05. The Bertz CT molecular complexity index is 1060. The van der Waals surface area contributed by atoms with Crippen molar-refractivity contribution in [2.45, 2.75) is 0 Å². The van der Waals surface area contributed by atoms with Gasteiger partial charge in [-0.3, -0.25) is 14.9 Å². The van der Waals surface area contributed by atoms with Crippen LogP contribution in [0, 0.1) is 10.1 Å². The molecule has 0 saturated heterocycles. The van der Waals surface area contributed by atoms with Gasteiger partial charge in [-0.1, -0.05) is 30.3 Å². The minimum atomic E-state index is -0.548. The molecule has 0 atom stereocenters. The molecule has 3 rings (SSSR count). The Labute approximate surface area is 165 Å².